The fourth-order valence-corrected chi connectivity index (χ4v) is 2.33. The second-order valence-corrected chi connectivity index (χ2v) is 4.48. The van der Waals surface area contributed by atoms with Crippen LogP contribution in [0.4, 0.5) is 0 Å². The molecular weight excluding hydrogens is 273 g/mol. The van der Waals surface area contributed by atoms with Crippen LogP contribution in [0.1, 0.15) is 12.7 Å². The van der Waals surface area contributed by atoms with Crippen LogP contribution in [0, 0.1) is 0 Å². The highest BCUT2D eigenvalue weighted by Gasteiger charge is 2.14. The average molecular weight is 286 g/mol. The number of nitrogens with zero attached hydrogens (tertiary/aromatic N) is 2. The number of likely N-dealkylation sites (N-methyl/N-ethyl adjacent to an activating group) is 1. The maximum Gasteiger partial charge on any atom is 0.239 e. The molecule has 2 rings (SSSR count). The zero-order chi connectivity index (χ0) is 13.1. The first kappa shape index (κ1) is 13.2. The summed E-state index contributed by atoms with van der Waals surface area (Å²) in [7, 11) is 0. The summed E-state index contributed by atoms with van der Waals surface area (Å²) < 4.78 is 1.76. The predicted octanol–water partition coefficient (Wildman–Crippen LogP) is 2.56. The first-order valence-corrected chi connectivity index (χ1v) is 6.55. The largest absolute Gasteiger partial charge is 0.355 e. The van der Waals surface area contributed by atoms with E-state index in [1.165, 1.54) is 0 Å². The number of halogens is 2. The van der Waals surface area contributed by atoms with Crippen LogP contribution in [0.25, 0.3) is 11.0 Å². The lowest BCUT2D eigenvalue weighted by molar-refractivity contribution is -0.121. The fraction of sp³-hybridized carbons (Fsp3) is 0.333. The van der Waals surface area contributed by atoms with E-state index in [-0.39, 0.29) is 18.3 Å². The third-order valence-corrected chi connectivity index (χ3v) is 3.14. The molecule has 1 aromatic carbocycles. The number of para-hydroxylation sites is 1. The Labute approximate surface area is 115 Å². The van der Waals surface area contributed by atoms with Crippen LogP contribution in [0.15, 0.2) is 18.2 Å². The van der Waals surface area contributed by atoms with E-state index in [0.29, 0.717) is 17.4 Å². The molecule has 0 bridgehead atoms. The summed E-state index contributed by atoms with van der Waals surface area (Å²) in [6.45, 7) is 2.64. The number of benzene rings is 1. The number of amides is 1. The number of imidazole rings is 1. The number of aromatic nitrogens is 2. The Morgan fingerprint density at radius 1 is 1.50 bits per heavy atom. The van der Waals surface area contributed by atoms with Gasteiger partial charge in [-0.05, 0) is 19.1 Å². The lowest BCUT2D eigenvalue weighted by atomic mass is 10.3. The molecule has 1 heterocycles. The Morgan fingerprint density at radius 2 is 2.28 bits per heavy atom. The van der Waals surface area contributed by atoms with Gasteiger partial charge in [-0.3, -0.25) is 4.79 Å². The van der Waals surface area contributed by atoms with Crippen LogP contribution >= 0.6 is 23.2 Å². The molecule has 1 aromatic heterocycles. The number of carbonyl (C=O) groups is 1. The maximum absolute atomic E-state index is 11.7. The third-order valence-electron chi connectivity index (χ3n) is 2.59. The zero-order valence-electron chi connectivity index (χ0n) is 9.91. The Balaban J connectivity index is 2.49. The minimum atomic E-state index is -0.0805. The molecule has 0 unspecified atom stereocenters. The smallest absolute Gasteiger partial charge is 0.239 e. The highest BCUT2D eigenvalue weighted by Crippen LogP contribution is 2.25. The highest BCUT2D eigenvalue weighted by molar-refractivity contribution is 6.35. The van der Waals surface area contributed by atoms with Crippen LogP contribution in [-0.4, -0.2) is 22.0 Å². The Hall–Kier alpha value is -1.26. The monoisotopic (exact) mass is 285 g/mol. The van der Waals surface area contributed by atoms with E-state index in [2.05, 4.69) is 10.3 Å². The van der Waals surface area contributed by atoms with E-state index in [1.807, 2.05) is 19.1 Å². The van der Waals surface area contributed by atoms with Gasteiger partial charge in [0.1, 0.15) is 12.4 Å². The van der Waals surface area contributed by atoms with Gasteiger partial charge >= 0.3 is 0 Å². The van der Waals surface area contributed by atoms with E-state index in [4.69, 9.17) is 23.2 Å². The summed E-state index contributed by atoms with van der Waals surface area (Å²) >= 11 is 12.0. The van der Waals surface area contributed by atoms with Crippen molar-refractivity contribution in [2.45, 2.75) is 19.3 Å². The molecule has 2 aromatic rings. The van der Waals surface area contributed by atoms with Gasteiger partial charge in [0.2, 0.25) is 5.91 Å². The summed E-state index contributed by atoms with van der Waals surface area (Å²) in [6.07, 6.45) is 0. The Kier molecular flexibility index (Phi) is 4.09. The summed E-state index contributed by atoms with van der Waals surface area (Å²) in [5.74, 6) is 0.804. The molecule has 0 atom stereocenters. The van der Waals surface area contributed by atoms with Gasteiger partial charge < -0.3 is 9.88 Å². The molecule has 4 nitrogen and oxygen atoms in total. The second-order valence-electron chi connectivity index (χ2n) is 3.81. The summed E-state index contributed by atoms with van der Waals surface area (Å²) in [5.41, 5.74) is 1.50. The fourth-order valence-electron chi connectivity index (χ4n) is 1.86. The normalized spacial score (nSPS) is 10.8. The van der Waals surface area contributed by atoms with Gasteiger partial charge in [0.15, 0.2) is 0 Å². The molecule has 0 radical (unpaired) electrons. The maximum atomic E-state index is 11.7. The number of nitrogens with one attached hydrogen (secondary N) is 1. The Bertz CT molecular complexity index is 580. The third kappa shape index (κ3) is 2.44. The van der Waals surface area contributed by atoms with Crippen molar-refractivity contribution in [3.63, 3.8) is 0 Å². The molecule has 1 amide bonds. The van der Waals surface area contributed by atoms with E-state index in [1.54, 1.807) is 10.6 Å². The van der Waals surface area contributed by atoms with Gasteiger partial charge in [0.05, 0.1) is 21.9 Å². The first-order chi connectivity index (χ1) is 8.67. The van der Waals surface area contributed by atoms with Crippen LogP contribution in [-0.2, 0) is 17.2 Å². The lowest BCUT2D eigenvalue weighted by Crippen LogP contribution is -2.27. The molecule has 0 fully saturated rings. The molecule has 96 valence electrons. The van der Waals surface area contributed by atoms with E-state index < -0.39 is 0 Å². The van der Waals surface area contributed by atoms with Gasteiger partial charge in [-0.25, -0.2) is 4.98 Å². The van der Waals surface area contributed by atoms with Gasteiger partial charge in [0, 0.05) is 6.54 Å². The number of carbonyl (C=O) groups excluding carboxylic acids is 1. The molecule has 0 saturated heterocycles. The van der Waals surface area contributed by atoms with Crippen molar-refractivity contribution in [2.24, 2.45) is 0 Å². The molecule has 18 heavy (non-hydrogen) atoms. The number of hydrogen-bond acceptors (Lipinski definition) is 2. The molecule has 0 aliphatic heterocycles. The van der Waals surface area contributed by atoms with Crippen LogP contribution in [0.5, 0.6) is 0 Å². The number of hydrogen-bond donors (Lipinski definition) is 1. The SMILES string of the molecule is CCNC(=O)Cn1c(CCl)nc2cccc(Cl)c21. The summed E-state index contributed by atoms with van der Waals surface area (Å²) in [4.78, 5) is 16.1. The van der Waals surface area contributed by atoms with Crippen LogP contribution in [0.3, 0.4) is 0 Å². The van der Waals surface area contributed by atoms with E-state index in [9.17, 15) is 4.79 Å². The van der Waals surface area contributed by atoms with Crippen molar-refractivity contribution in [3.8, 4) is 0 Å². The van der Waals surface area contributed by atoms with Crippen molar-refractivity contribution in [2.75, 3.05) is 6.54 Å². The lowest BCUT2D eigenvalue weighted by Gasteiger charge is -2.08. The molecule has 6 heteroatoms. The van der Waals surface area contributed by atoms with Crippen molar-refractivity contribution in [3.05, 3.63) is 29.0 Å². The summed E-state index contributed by atoms with van der Waals surface area (Å²) in [5, 5.41) is 3.32. The van der Waals surface area contributed by atoms with Crippen LogP contribution in [0.2, 0.25) is 5.02 Å². The molecule has 0 aliphatic rings. The molecule has 0 spiro atoms. The van der Waals surface area contributed by atoms with Crippen molar-refractivity contribution < 1.29 is 4.79 Å². The van der Waals surface area contributed by atoms with E-state index >= 15 is 0 Å². The second kappa shape index (κ2) is 5.59. The number of fused-ring (bicyclic) bond motifs is 1. The standard InChI is InChI=1S/C12H13Cl2N3O/c1-2-15-11(18)7-17-10(6-13)16-9-5-3-4-8(14)12(9)17/h3-5H,2,6-7H2,1H3,(H,15,18). The van der Waals surface area contributed by atoms with Crippen LogP contribution < -0.4 is 5.32 Å². The van der Waals surface area contributed by atoms with Crippen molar-refractivity contribution in [1.82, 2.24) is 14.9 Å². The number of alkyl halides is 1. The average Bonchev–Trinajstić information content (AvgIpc) is 2.69. The molecule has 0 saturated carbocycles. The molecule has 0 aliphatic carbocycles. The molecular formula is C12H13Cl2N3O. The number of rotatable bonds is 4. The minimum Gasteiger partial charge on any atom is -0.355 e. The van der Waals surface area contributed by atoms with Gasteiger partial charge in [0.25, 0.3) is 0 Å². The quantitative estimate of drug-likeness (QED) is 0.878. The van der Waals surface area contributed by atoms with Gasteiger partial charge in [-0.2, -0.15) is 0 Å². The topological polar surface area (TPSA) is 46.9 Å². The highest BCUT2D eigenvalue weighted by atomic mass is 35.5. The zero-order valence-corrected chi connectivity index (χ0v) is 11.4. The van der Waals surface area contributed by atoms with Crippen molar-refractivity contribution >= 4 is 40.1 Å². The Morgan fingerprint density at radius 3 is 2.94 bits per heavy atom. The van der Waals surface area contributed by atoms with Gasteiger partial charge in [-0.1, -0.05) is 17.7 Å². The van der Waals surface area contributed by atoms with E-state index in [0.717, 1.165) is 11.0 Å². The molecule has 1 N–H and O–H groups in total. The summed E-state index contributed by atoms with van der Waals surface area (Å²) in [6, 6.07) is 5.45. The van der Waals surface area contributed by atoms with Gasteiger partial charge in [-0.15, -0.1) is 11.6 Å². The predicted molar refractivity (Wildman–Crippen MR) is 73.0 cm³/mol. The first-order valence-electron chi connectivity index (χ1n) is 5.63. The minimum absolute atomic E-state index is 0.0805. The van der Waals surface area contributed by atoms with Crippen molar-refractivity contribution in [1.29, 1.82) is 0 Å².